The Morgan fingerprint density at radius 3 is 2.65 bits per heavy atom. The molecule has 17 heavy (non-hydrogen) atoms. The number of aromatic nitrogens is 2. The van der Waals surface area contributed by atoms with Gasteiger partial charge in [0.05, 0.1) is 6.54 Å². The molecule has 0 radical (unpaired) electrons. The molecular formula is C10H11ClN4O2. The van der Waals surface area contributed by atoms with Gasteiger partial charge >= 0.3 is 0 Å². The molecule has 0 unspecified atom stereocenters. The number of piperazine rings is 1. The molecule has 1 aliphatic heterocycles. The lowest BCUT2D eigenvalue weighted by molar-refractivity contribution is -0.135. The van der Waals surface area contributed by atoms with Gasteiger partial charge in [-0.1, -0.05) is 11.6 Å². The third-order valence-corrected chi connectivity index (χ3v) is 2.94. The molecule has 1 aromatic rings. The lowest BCUT2D eigenvalue weighted by Gasteiger charge is -2.40. The Bertz CT molecular complexity index is 489. The van der Waals surface area contributed by atoms with E-state index < -0.39 is 5.54 Å². The zero-order valence-corrected chi connectivity index (χ0v) is 10.2. The van der Waals surface area contributed by atoms with Crippen LogP contribution in [0.15, 0.2) is 12.4 Å². The van der Waals surface area contributed by atoms with Crippen molar-refractivity contribution in [1.82, 2.24) is 15.3 Å². The fraction of sp³-hybridized carbons (Fsp3) is 0.400. The van der Waals surface area contributed by atoms with Crippen LogP contribution in [0.4, 0.5) is 5.82 Å². The smallest absolute Gasteiger partial charge is 0.251 e. The summed E-state index contributed by atoms with van der Waals surface area (Å²) in [6.45, 7) is 3.41. The maximum Gasteiger partial charge on any atom is 0.251 e. The quantitative estimate of drug-likeness (QED) is 0.733. The Balaban J connectivity index is 2.46. The molecule has 2 amide bonds. The summed E-state index contributed by atoms with van der Waals surface area (Å²) in [5.41, 5.74) is -0.895. The highest BCUT2D eigenvalue weighted by Crippen LogP contribution is 2.28. The van der Waals surface area contributed by atoms with Gasteiger partial charge in [-0.15, -0.1) is 0 Å². The van der Waals surface area contributed by atoms with Gasteiger partial charge in [-0.25, -0.2) is 9.97 Å². The minimum Gasteiger partial charge on any atom is -0.331 e. The normalized spacial score (nSPS) is 19.1. The molecule has 1 saturated heterocycles. The van der Waals surface area contributed by atoms with Crippen LogP contribution < -0.4 is 10.2 Å². The Morgan fingerprint density at radius 2 is 2.00 bits per heavy atom. The number of amides is 2. The summed E-state index contributed by atoms with van der Waals surface area (Å²) in [6, 6.07) is 0. The second-order valence-corrected chi connectivity index (χ2v) is 4.55. The molecule has 0 bridgehead atoms. The number of carbonyl (C=O) groups is 2. The van der Waals surface area contributed by atoms with E-state index in [2.05, 4.69) is 15.3 Å². The standard InChI is InChI=1S/C10H11ClN4O2/c1-10(2)9(17)14-6(16)5-15(10)8-7(11)12-3-4-13-8/h3-4H,5H2,1-2H3,(H,14,16,17). The molecule has 0 aliphatic carbocycles. The second kappa shape index (κ2) is 3.96. The predicted molar refractivity (Wildman–Crippen MR) is 61.6 cm³/mol. The van der Waals surface area contributed by atoms with E-state index >= 15 is 0 Å². The SMILES string of the molecule is CC1(C)C(=O)NC(=O)CN1c1nccnc1Cl. The number of halogens is 1. The number of rotatable bonds is 1. The number of carbonyl (C=O) groups excluding carboxylic acids is 2. The van der Waals surface area contributed by atoms with Gasteiger partial charge in [0, 0.05) is 12.4 Å². The number of hydrogen-bond donors (Lipinski definition) is 1. The van der Waals surface area contributed by atoms with Crippen molar-refractivity contribution < 1.29 is 9.59 Å². The van der Waals surface area contributed by atoms with Crippen LogP contribution in [0.5, 0.6) is 0 Å². The number of nitrogens with one attached hydrogen (secondary N) is 1. The van der Waals surface area contributed by atoms with Gasteiger partial charge in [-0.2, -0.15) is 0 Å². The number of anilines is 1. The highest BCUT2D eigenvalue weighted by atomic mass is 35.5. The summed E-state index contributed by atoms with van der Waals surface area (Å²) in [4.78, 5) is 32.6. The zero-order valence-electron chi connectivity index (χ0n) is 9.40. The average Bonchev–Trinajstić information content (AvgIpc) is 2.25. The topological polar surface area (TPSA) is 75.2 Å². The maximum absolute atomic E-state index is 11.8. The molecule has 1 fully saturated rings. The first kappa shape index (κ1) is 11.8. The van der Waals surface area contributed by atoms with Crippen LogP contribution in [-0.4, -0.2) is 33.9 Å². The van der Waals surface area contributed by atoms with Crippen LogP contribution in [0.3, 0.4) is 0 Å². The second-order valence-electron chi connectivity index (χ2n) is 4.19. The molecule has 2 heterocycles. The van der Waals surface area contributed by atoms with Gasteiger partial charge in [-0.05, 0) is 13.8 Å². The Labute approximate surface area is 103 Å². The molecule has 90 valence electrons. The van der Waals surface area contributed by atoms with Crippen LogP contribution in [0.1, 0.15) is 13.8 Å². The molecule has 7 heteroatoms. The van der Waals surface area contributed by atoms with E-state index in [1.807, 2.05) is 0 Å². The van der Waals surface area contributed by atoms with Crippen molar-refractivity contribution in [2.45, 2.75) is 19.4 Å². The minimum atomic E-state index is -0.895. The molecule has 1 N–H and O–H groups in total. The van der Waals surface area contributed by atoms with E-state index in [9.17, 15) is 9.59 Å². The average molecular weight is 255 g/mol. The summed E-state index contributed by atoms with van der Waals surface area (Å²) in [6.07, 6.45) is 2.92. The van der Waals surface area contributed by atoms with Gasteiger partial charge in [0.2, 0.25) is 5.91 Å². The lowest BCUT2D eigenvalue weighted by atomic mass is 9.99. The van der Waals surface area contributed by atoms with Crippen molar-refractivity contribution in [3.63, 3.8) is 0 Å². The number of nitrogens with zero attached hydrogens (tertiary/aromatic N) is 3. The van der Waals surface area contributed by atoms with Crippen LogP contribution in [0, 0.1) is 0 Å². The fourth-order valence-electron chi connectivity index (χ4n) is 1.62. The highest BCUT2D eigenvalue weighted by molar-refractivity contribution is 6.32. The third kappa shape index (κ3) is 1.95. The Kier molecular flexibility index (Phi) is 2.74. The van der Waals surface area contributed by atoms with Crippen LogP contribution in [-0.2, 0) is 9.59 Å². The molecule has 0 aromatic carbocycles. The minimum absolute atomic E-state index is 0.0250. The van der Waals surface area contributed by atoms with Gasteiger partial charge in [0.25, 0.3) is 5.91 Å². The molecule has 2 rings (SSSR count). The third-order valence-electron chi connectivity index (χ3n) is 2.68. The van der Waals surface area contributed by atoms with E-state index in [1.54, 1.807) is 18.7 Å². The first-order valence-corrected chi connectivity index (χ1v) is 5.39. The van der Waals surface area contributed by atoms with Crippen LogP contribution in [0.25, 0.3) is 0 Å². The van der Waals surface area contributed by atoms with Crippen LogP contribution in [0.2, 0.25) is 5.15 Å². The summed E-state index contributed by atoms with van der Waals surface area (Å²) in [5, 5.41) is 2.45. The van der Waals surface area contributed by atoms with E-state index in [4.69, 9.17) is 11.6 Å². The van der Waals surface area contributed by atoms with Crippen molar-refractivity contribution in [1.29, 1.82) is 0 Å². The molecule has 6 nitrogen and oxygen atoms in total. The van der Waals surface area contributed by atoms with E-state index in [1.165, 1.54) is 12.4 Å². The van der Waals surface area contributed by atoms with Gasteiger partial charge < -0.3 is 4.90 Å². The van der Waals surface area contributed by atoms with E-state index in [0.717, 1.165) is 0 Å². The molecular weight excluding hydrogens is 244 g/mol. The van der Waals surface area contributed by atoms with E-state index in [0.29, 0.717) is 5.82 Å². The van der Waals surface area contributed by atoms with E-state index in [-0.39, 0.29) is 23.5 Å². The van der Waals surface area contributed by atoms with Crippen molar-refractivity contribution in [3.05, 3.63) is 17.5 Å². The monoisotopic (exact) mass is 254 g/mol. The molecule has 0 spiro atoms. The van der Waals surface area contributed by atoms with Gasteiger partial charge in [0.15, 0.2) is 11.0 Å². The predicted octanol–water partition coefficient (Wildman–Crippen LogP) is 0.371. The number of imide groups is 1. The van der Waals surface area contributed by atoms with Crippen molar-refractivity contribution in [3.8, 4) is 0 Å². The summed E-state index contributed by atoms with van der Waals surface area (Å²) < 4.78 is 0. The van der Waals surface area contributed by atoms with Crippen molar-refractivity contribution in [2.24, 2.45) is 0 Å². The number of hydrogen-bond acceptors (Lipinski definition) is 5. The van der Waals surface area contributed by atoms with Crippen molar-refractivity contribution in [2.75, 3.05) is 11.4 Å². The maximum atomic E-state index is 11.8. The molecule has 0 atom stereocenters. The fourth-order valence-corrected chi connectivity index (χ4v) is 1.82. The Morgan fingerprint density at radius 1 is 1.35 bits per heavy atom. The zero-order chi connectivity index (χ0) is 12.6. The lowest BCUT2D eigenvalue weighted by Crippen LogP contribution is -2.64. The summed E-state index contributed by atoms with van der Waals surface area (Å²) in [7, 11) is 0. The molecule has 0 saturated carbocycles. The van der Waals surface area contributed by atoms with Gasteiger partial charge in [0.1, 0.15) is 5.54 Å². The summed E-state index contributed by atoms with van der Waals surface area (Å²) >= 11 is 5.92. The van der Waals surface area contributed by atoms with Crippen LogP contribution >= 0.6 is 11.6 Å². The van der Waals surface area contributed by atoms with Gasteiger partial charge in [-0.3, -0.25) is 14.9 Å². The largest absolute Gasteiger partial charge is 0.331 e. The Hall–Kier alpha value is -1.69. The molecule has 1 aliphatic rings. The summed E-state index contributed by atoms with van der Waals surface area (Å²) in [5.74, 6) is -0.422. The highest BCUT2D eigenvalue weighted by Gasteiger charge is 2.42. The van der Waals surface area contributed by atoms with Crippen molar-refractivity contribution >= 4 is 29.2 Å². The molecule has 1 aromatic heterocycles. The first-order chi connectivity index (χ1) is 7.93. The first-order valence-electron chi connectivity index (χ1n) is 5.01.